The highest BCUT2D eigenvalue weighted by Crippen LogP contribution is 2.32. The van der Waals surface area contributed by atoms with Gasteiger partial charge in [-0.15, -0.1) is 0 Å². The molecule has 0 N–H and O–H groups in total. The van der Waals surface area contributed by atoms with Crippen LogP contribution in [-0.2, 0) is 4.74 Å². The van der Waals surface area contributed by atoms with Gasteiger partial charge >= 0.3 is 5.97 Å². The van der Waals surface area contributed by atoms with Crippen molar-refractivity contribution in [3.8, 4) is 11.5 Å². The number of rotatable bonds is 8. The molecular weight excluding hydrogens is 434 g/mol. The lowest BCUT2D eigenvalue weighted by Gasteiger charge is -2.17. The first kappa shape index (κ1) is 23.0. The fraction of sp³-hybridized carbons (Fsp3) is 0.222. The number of imide groups is 1. The summed E-state index contributed by atoms with van der Waals surface area (Å²) in [6.45, 7) is 6.44. The van der Waals surface area contributed by atoms with E-state index in [0.717, 1.165) is 21.8 Å². The average Bonchev–Trinajstić information content (AvgIpc) is 3.08. The van der Waals surface area contributed by atoms with Crippen molar-refractivity contribution < 1.29 is 28.6 Å². The molecule has 0 spiro atoms. The van der Waals surface area contributed by atoms with Crippen LogP contribution < -0.4 is 14.4 Å². The highest BCUT2D eigenvalue weighted by Gasteiger charge is 2.38. The van der Waals surface area contributed by atoms with Crippen LogP contribution in [0.25, 0.3) is 0 Å². The Hall–Kier alpha value is -4.13. The molecule has 0 atom stereocenters. The standard InChI is InChI=1S/C27H25NO6/c1-4-32-20-8-10-21(11-9-20)33-13-14-34-27(31)19-7-12-22-23(16-19)26(30)28(25(22)29)24-15-17(2)5-6-18(24)3/h5-12,15-16H,4,13-14H2,1-3H3. The number of amides is 2. The van der Waals surface area contributed by atoms with Crippen molar-refractivity contribution in [1.29, 1.82) is 0 Å². The molecule has 2 amide bonds. The Kier molecular flexibility index (Phi) is 6.63. The van der Waals surface area contributed by atoms with E-state index in [0.29, 0.717) is 18.0 Å². The summed E-state index contributed by atoms with van der Waals surface area (Å²) in [6.07, 6.45) is 0. The van der Waals surface area contributed by atoms with E-state index >= 15 is 0 Å². The van der Waals surface area contributed by atoms with Crippen LogP contribution in [-0.4, -0.2) is 37.6 Å². The number of anilines is 1. The predicted molar refractivity (Wildman–Crippen MR) is 127 cm³/mol. The van der Waals surface area contributed by atoms with Crippen molar-refractivity contribution in [3.63, 3.8) is 0 Å². The zero-order chi connectivity index (χ0) is 24.2. The van der Waals surface area contributed by atoms with Gasteiger partial charge in [0.15, 0.2) is 0 Å². The number of ether oxygens (including phenoxy) is 3. The first-order chi connectivity index (χ1) is 16.4. The van der Waals surface area contributed by atoms with Gasteiger partial charge in [0, 0.05) is 0 Å². The summed E-state index contributed by atoms with van der Waals surface area (Å²) in [5.74, 6) is -0.0715. The first-order valence-electron chi connectivity index (χ1n) is 11.0. The molecule has 1 aliphatic heterocycles. The third-order valence-electron chi connectivity index (χ3n) is 5.45. The average molecular weight is 459 g/mol. The van der Waals surface area contributed by atoms with Gasteiger partial charge in [-0.3, -0.25) is 9.59 Å². The van der Waals surface area contributed by atoms with E-state index in [4.69, 9.17) is 14.2 Å². The maximum Gasteiger partial charge on any atom is 0.338 e. The van der Waals surface area contributed by atoms with Crippen LogP contribution in [0.1, 0.15) is 49.1 Å². The number of fused-ring (bicyclic) bond motifs is 1. The molecule has 1 heterocycles. The van der Waals surface area contributed by atoms with Gasteiger partial charge in [0.05, 0.1) is 29.0 Å². The fourth-order valence-electron chi connectivity index (χ4n) is 3.72. The SMILES string of the molecule is CCOc1ccc(OCCOC(=O)c2ccc3c(c2)C(=O)N(c2cc(C)ccc2C)C3=O)cc1. The first-order valence-corrected chi connectivity index (χ1v) is 11.0. The summed E-state index contributed by atoms with van der Waals surface area (Å²) in [5.41, 5.74) is 2.94. The van der Waals surface area contributed by atoms with Gasteiger partial charge in [0.25, 0.3) is 11.8 Å². The quantitative estimate of drug-likeness (QED) is 0.275. The molecule has 0 unspecified atom stereocenters. The minimum Gasteiger partial charge on any atom is -0.494 e. The van der Waals surface area contributed by atoms with Crippen LogP contribution >= 0.6 is 0 Å². The normalized spacial score (nSPS) is 12.5. The number of nitrogens with zero attached hydrogens (tertiary/aromatic N) is 1. The van der Waals surface area contributed by atoms with Gasteiger partial charge in [0.1, 0.15) is 24.7 Å². The minimum atomic E-state index is -0.594. The van der Waals surface area contributed by atoms with Crippen LogP contribution in [0.2, 0.25) is 0 Å². The van der Waals surface area contributed by atoms with E-state index in [2.05, 4.69) is 0 Å². The second kappa shape index (κ2) is 9.79. The summed E-state index contributed by atoms with van der Waals surface area (Å²) in [6, 6.07) is 17.1. The van der Waals surface area contributed by atoms with Crippen molar-refractivity contribution in [2.75, 3.05) is 24.7 Å². The third-order valence-corrected chi connectivity index (χ3v) is 5.45. The Morgan fingerprint density at radius 3 is 2.18 bits per heavy atom. The molecule has 0 saturated carbocycles. The molecular formula is C27H25NO6. The van der Waals surface area contributed by atoms with E-state index in [1.54, 1.807) is 30.3 Å². The number of benzene rings is 3. The van der Waals surface area contributed by atoms with Crippen LogP contribution in [0.15, 0.2) is 60.7 Å². The second-order valence-electron chi connectivity index (χ2n) is 7.88. The molecule has 0 aromatic heterocycles. The Balaban J connectivity index is 1.39. The molecule has 0 fully saturated rings. The van der Waals surface area contributed by atoms with Crippen LogP contribution in [0.5, 0.6) is 11.5 Å². The second-order valence-corrected chi connectivity index (χ2v) is 7.88. The van der Waals surface area contributed by atoms with Crippen molar-refractivity contribution in [2.24, 2.45) is 0 Å². The Bertz CT molecular complexity index is 1250. The summed E-state index contributed by atoms with van der Waals surface area (Å²) in [5, 5.41) is 0. The lowest BCUT2D eigenvalue weighted by atomic mass is 10.1. The zero-order valence-corrected chi connectivity index (χ0v) is 19.3. The van der Waals surface area contributed by atoms with Crippen LogP contribution in [0.3, 0.4) is 0 Å². The summed E-state index contributed by atoms with van der Waals surface area (Å²) < 4.78 is 16.2. The number of carbonyl (C=O) groups excluding carboxylic acids is 3. The van der Waals surface area contributed by atoms with Crippen molar-refractivity contribution in [3.05, 3.63) is 88.5 Å². The van der Waals surface area contributed by atoms with E-state index in [1.165, 1.54) is 18.2 Å². The summed E-state index contributed by atoms with van der Waals surface area (Å²) in [4.78, 5) is 39.6. The van der Waals surface area contributed by atoms with Gasteiger partial charge in [-0.25, -0.2) is 9.69 Å². The topological polar surface area (TPSA) is 82.1 Å². The van der Waals surface area contributed by atoms with E-state index in [1.807, 2.05) is 32.9 Å². The van der Waals surface area contributed by atoms with Gasteiger partial charge in [-0.2, -0.15) is 0 Å². The number of carbonyl (C=O) groups is 3. The predicted octanol–water partition coefficient (Wildman–Crippen LogP) is 4.74. The molecule has 34 heavy (non-hydrogen) atoms. The Labute approximate surface area is 197 Å². The Morgan fingerprint density at radius 1 is 0.794 bits per heavy atom. The molecule has 7 heteroatoms. The van der Waals surface area contributed by atoms with Crippen LogP contribution in [0, 0.1) is 13.8 Å². The van der Waals surface area contributed by atoms with E-state index in [-0.39, 0.29) is 29.9 Å². The third kappa shape index (κ3) is 4.64. The maximum absolute atomic E-state index is 13.1. The molecule has 0 radical (unpaired) electrons. The molecule has 174 valence electrons. The number of hydrogen-bond donors (Lipinski definition) is 0. The molecule has 0 saturated heterocycles. The highest BCUT2D eigenvalue weighted by molar-refractivity contribution is 6.35. The minimum absolute atomic E-state index is 0.0324. The smallest absolute Gasteiger partial charge is 0.338 e. The van der Waals surface area contributed by atoms with Gasteiger partial charge < -0.3 is 14.2 Å². The zero-order valence-electron chi connectivity index (χ0n) is 19.3. The van der Waals surface area contributed by atoms with Gasteiger partial charge in [-0.05, 0) is 80.4 Å². The number of aryl methyl sites for hydroxylation is 2. The lowest BCUT2D eigenvalue weighted by molar-refractivity contribution is 0.0450. The largest absolute Gasteiger partial charge is 0.494 e. The number of esters is 1. The molecule has 0 bridgehead atoms. The number of hydrogen-bond acceptors (Lipinski definition) is 6. The maximum atomic E-state index is 13.1. The lowest BCUT2D eigenvalue weighted by Crippen LogP contribution is -2.30. The molecule has 7 nitrogen and oxygen atoms in total. The van der Waals surface area contributed by atoms with Crippen molar-refractivity contribution in [2.45, 2.75) is 20.8 Å². The summed E-state index contributed by atoms with van der Waals surface area (Å²) >= 11 is 0. The van der Waals surface area contributed by atoms with E-state index < -0.39 is 17.8 Å². The molecule has 3 aromatic rings. The molecule has 0 aliphatic carbocycles. The molecule has 4 rings (SSSR count). The van der Waals surface area contributed by atoms with E-state index in [9.17, 15) is 14.4 Å². The van der Waals surface area contributed by atoms with Crippen molar-refractivity contribution >= 4 is 23.5 Å². The molecule has 3 aromatic carbocycles. The van der Waals surface area contributed by atoms with Crippen molar-refractivity contribution in [1.82, 2.24) is 0 Å². The fourth-order valence-corrected chi connectivity index (χ4v) is 3.72. The van der Waals surface area contributed by atoms with Gasteiger partial charge in [-0.1, -0.05) is 12.1 Å². The Morgan fingerprint density at radius 2 is 1.47 bits per heavy atom. The molecule has 1 aliphatic rings. The highest BCUT2D eigenvalue weighted by atomic mass is 16.6. The van der Waals surface area contributed by atoms with Crippen LogP contribution in [0.4, 0.5) is 5.69 Å². The summed E-state index contributed by atoms with van der Waals surface area (Å²) in [7, 11) is 0. The monoisotopic (exact) mass is 459 g/mol. The van der Waals surface area contributed by atoms with Gasteiger partial charge in [0.2, 0.25) is 0 Å².